The van der Waals surface area contributed by atoms with E-state index in [2.05, 4.69) is 15.5 Å². The molecule has 140 valence electrons. The fourth-order valence-corrected chi connectivity index (χ4v) is 2.40. The number of nitrogens with one attached hydrogen (secondary N) is 3. The molecular weight excluding hydrogens is 361 g/mol. The number of phenolic OH excluding ortho intramolecular Hbond substituents is 1. The van der Waals surface area contributed by atoms with Gasteiger partial charge in [0.05, 0.1) is 5.69 Å². The number of carbonyl (C=O) groups excluding carboxylic acids is 1. The Hall–Kier alpha value is -3.49. The van der Waals surface area contributed by atoms with Crippen LogP contribution in [-0.4, -0.2) is 27.4 Å². The van der Waals surface area contributed by atoms with Gasteiger partial charge in [0.1, 0.15) is 5.75 Å². The summed E-state index contributed by atoms with van der Waals surface area (Å²) < 4.78 is 36.9. The van der Waals surface area contributed by atoms with Crippen LogP contribution < -0.4 is 10.6 Å². The first kappa shape index (κ1) is 18.3. The van der Waals surface area contributed by atoms with E-state index in [1.165, 1.54) is 12.1 Å². The first-order valence-electron chi connectivity index (χ1n) is 7.83. The molecule has 3 rings (SSSR count). The lowest BCUT2D eigenvalue weighted by atomic mass is 10.1. The highest BCUT2D eigenvalue weighted by molar-refractivity contribution is 5.95. The van der Waals surface area contributed by atoms with Crippen molar-refractivity contribution >= 4 is 23.1 Å². The number of aromatic amines is 1. The average molecular weight is 376 g/mol. The first-order chi connectivity index (χ1) is 12.7. The van der Waals surface area contributed by atoms with Crippen molar-refractivity contribution in [3.05, 3.63) is 54.1 Å². The van der Waals surface area contributed by atoms with Crippen LogP contribution >= 0.6 is 0 Å². The predicted molar refractivity (Wildman–Crippen MR) is 94.8 cm³/mol. The Bertz CT molecular complexity index is 965. The molecule has 3 aromatic rings. The maximum atomic E-state index is 12.3. The molecule has 1 aromatic heterocycles. The van der Waals surface area contributed by atoms with Crippen LogP contribution in [-0.2, 0) is 4.79 Å². The lowest BCUT2D eigenvalue weighted by molar-refractivity contribution is -0.167. The molecule has 0 fully saturated rings. The average Bonchev–Trinajstić information content (AvgIpc) is 3.06. The maximum absolute atomic E-state index is 12.3. The minimum Gasteiger partial charge on any atom is -0.508 e. The standard InChI is InChI=1S/C18H15F3N4O2/c1-10-8-12(22-17(27)18(19,20)21)4-7-14(10)23-16-9-15(24-25-16)11-2-5-13(26)6-3-11/h2-9,26H,1H3,(H,22,27)(H2,23,24,25). The monoisotopic (exact) mass is 376 g/mol. The zero-order valence-corrected chi connectivity index (χ0v) is 14.1. The number of halogens is 3. The van der Waals surface area contributed by atoms with E-state index < -0.39 is 12.1 Å². The number of alkyl halides is 3. The Morgan fingerprint density at radius 1 is 1.11 bits per heavy atom. The van der Waals surface area contributed by atoms with E-state index in [1.807, 2.05) is 5.32 Å². The second-order valence-electron chi connectivity index (χ2n) is 5.82. The summed E-state index contributed by atoms with van der Waals surface area (Å²) in [5, 5.41) is 21.2. The summed E-state index contributed by atoms with van der Waals surface area (Å²) in [4.78, 5) is 11.0. The van der Waals surface area contributed by atoms with E-state index in [4.69, 9.17) is 0 Å². The lowest BCUT2D eigenvalue weighted by Gasteiger charge is -2.11. The summed E-state index contributed by atoms with van der Waals surface area (Å²) in [6, 6.07) is 12.7. The number of aromatic hydroxyl groups is 1. The van der Waals surface area contributed by atoms with Crippen LogP contribution in [0, 0.1) is 6.92 Å². The number of phenols is 1. The molecule has 0 bridgehead atoms. The van der Waals surface area contributed by atoms with Crippen LogP contribution in [0.1, 0.15) is 5.56 Å². The molecular formula is C18H15F3N4O2. The zero-order valence-electron chi connectivity index (χ0n) is 14.1. The van der Waals surface area contributed by atoms with Gasteiger partial charge in [-0.3, -0.25) is 9.89 Å². The van der Waals surface area contributed by atoms with Crippen LogP contribution in [0.3, 0.4) is 0 Å². The normalized spacial score (nSPS) is 11.3. The van der Waals surface area contributed by atoms with Crippen molar-refractivity contribution in [1.82, 2.24) is 10.2 Å². The lowest BCUT2D eigenvalue weighted by Crippen LogP contribution is -2.29. The highest BCUT2D eigenvalue weighted by atomic mass is 19.4. The molecule has 0 saturated carbocycles. The van der Waals surface area contributed by atoms with Crippen molar-refractivity contribution in [3.8, 4) is 17.0 Å². The van der Waals surface area contributed by atoms with Gasteiger partial charge in [-0.25, -0.2) is 0 Å². The van der Waals surface area contributed by atoms with Crippen LogP contribution in [0.25, 0.3) is 11.3 Å². The zero-order chi connectivity index (χ0) is 19.6. The summed E-state index contributed by atoms with van der Waals surface area (Å²) in [5.41, 5.74) is 2.86. The molecule has 0 aliphatic carbocycles. The van der Waals surface area contributed by atoms with Crippen LogP contribution in [0.5, 0.6) is 5.75 Å². The second kappa shape index (κ2) is 7.02. The Labute approximate surface area is 152 Å². The van der Waals surface area contributed by atoms with E-state index in [-0.39, 0.29) is 11.4 Å². The number of aryl methyl sites for hydroxylation is 1. The van der Waals surface area contributed by atoms with Crippen molar-refractivity contribution in [2.75, 3.05) is 10.6 Å². The topological polar surface area (TPSA) is 90.0 Å². The van der Waals surface area contributed by atoms with Crippen molar-refractivity contribution in [2.24, 2.45) is 0 Å². The number of rotatable bonds is 4. The van der Waals surface area contributed by atoms with Gasteiger partial charge >= 0.3 is 12.1 Å². The molecule has 1 amide bonds. The number of hydrogen-bond donors (Lipinski definition) is 4. The minimum absolute atomic E-state index is 0.0483. The number of amides is 1. The number of anilines is 3. The van der Waals surface area contributed by atoms with E-state index in [0.717, 1.165) is 11.3 Å². The number of H-pyrrole nitrogens is 1. The van der Waals surface area contributed by atoms with Gasteiger partial charge in [0.25, 0.3) is 0 Å². The number of carbonyl (C=O) groups is 1. The molecule has 4 N–H and O–H groups in total. The van der Waals surface area contributed by atoms with Gasteiger partial charge in [0.15, 0.2) is 5.82 Å². The molecule has 0 radical (unpaired) electrons. The van der Waals surface area contributed by atoms with Crippen LogP contribution in [0.2, 0.25) is 0 Å². The molecule has 0 aliphatic rings. The molecule has 0 spiro atoms. The predicted octanol–water partition coefficient (Wildman–Crippen LogP) is 4.34. The summed E-state index contributed by atoms with van der Waals surface area (Å²) in [6.07, 6.45) is -4.94. The van der Waals surface area contributed by atoms with Gasteiger partial charge in [-0.1, -0.05) is 0 Å². The first-order valence-corrected chi connectivity index (χ1v) is 7.83. The number of benzene rings is 2. The molecule has 2 aromatic carbocycles. The SMILES string of the molecule is Cc1cc(NC(=O)C(F)(F)F)ccc1Nc1cc(-c2ccc(O)cc2)[nH]n1. The summed E-state index contributed by atoms with van der Waals surface area (Å²) in [6.45, 7) is 1.69. The molecule has 0 unspecified atom stereocenters. The third-order valence-electron chi connectivity index (χ3n) is 3.76. The van der Waals surface area contributed by atoms with E-state index in [9.17, 15) is 23.1 Å². The molecule has 1 heterocycles. The Balaban J connectivity index is 1.73. The van der Waals surface area contributed by atoms with Gasteiger partial charge in [-0.15, -0.1) is 0 Å². The largest absolute Gasteiger partial charge is 0.508 e. The van der Waals surface area contributed by atoms with Crippen LogP contribution in [0.15, 0.2) is 48.5 Å². The molecule has 0 saturated heterocycles. The highest BCUT2D eigenvalue weighted by Gasteiger charge is 2.38. The molecule has 0 atom stereocenters. The Morgan fingerprint density at radius 2 is 1.81 bits per heavy atom. The van der Waals surface area contributed by atoms with Crippen LogP contribution in [0.4, 0.5) is 30.4 Å². The second-order valence-corrected chi connectivity index (χ2v) is 5.82. The molecule has 9 heteroatoms. The molecule has 6 nitrogen and oxygen atoms in total. The van der Waals surface area contributed by atoms with E-state index >= 15 is 0 Å². The van der Waals surface area contributed by atoms with Gasteiger partial charge in [0.2, 0.25) is 0 Å². The van der Waals surface area contributed by atoms with Crippen molar-refractivity contribution in [1.29, 1.82) is 0 Å². The third kappa shape index (κ3) is 4.38. The molecule has 0 aliphatic heterocycles. The summed E-state index contributed by atoms with van der Waals surface area (Å²) in [5.74, 6) is -1.35. The highest BCUT2D eigenvalue weighted by Crippen LogP contribution is 2.27. The Morgan fingerprint density at radius 3 is 2.44 bits per heavy atom. The van der Waals surface area contributed by atoms with Gasteiger partial charge in [0, 0.05) is 17.4 Å². The molecule has 27 heavy (non-hydrogen) atoms. The van der Waals surface area contributed by atoms with Crippen molar-refractivity contribution in [2.45, 2.75) is 13.1 Å². The summed E-state index contributed by atoms with van der Waals surface area (Å²) in [7, 11) is 0. The van der Waals surface area contributed by atoms with Crippen molar-refractivity contribution < 1.29 is 23.1 Å². The maximum Gasteiger partial charge on any atom is 0.471 e. The quantitative estimate of drug-likeness (QED) is 0.545. The van der Waals surface area contributed by atoms with E-state index in [0.29, 0.717) is 17.1 Å². The van der Waals surface area contributed by atoms with E-state index in [1.54, 1.807) is 43.3 Å². The van der Waals surface area contributed by atoms with Gasteiger partial charge < -0.3 is 15.7 Å². The van der Waals surface area contributed by atoms with Gasteiger partial charge in [-0.2, -0.15) is 18.3 Å². The minimum atomic E-state index is -4.94. The van der Waals surface area contributed by atoms with Gasteiger partial charge in [-0.05, 0) is 60.5 Å². The number of aromatic nitrogens is 2. The fraction of sp³-hybridized carbons (Fsp3) is 0.111. The van der Waals surface area contributed by atoms with Crippen molar-refractivity contribution in [3.63, 3.8) is 0 Å². The number of nitrogens with zero attached hydrogens (tertiary/aromatic N) is 1. The number of hydrogen-bond acceptors (Lipinski definition) is 4. The summed E-state index contributed by atoms with van der Waals surface area (Å²) >= 11 is 0. The third-order valence-corrected chi connectivity index (χ3v) is 3.76. The fourth-order valence-electron chi connectivity index (χ4n) is 2.40. The smallest absolute Gasteiger partial charge is 0.471 e. The Kier molecular flexibility index (Phi) is 4.76.